The highest BCUT2D eigenvalue weighted by atomic mass is 32.2. The first-order valence-electron chi connectivity index (χ1n) is 8.57. The van der Waals surface area contributed by atoms with E-state index in [9.17, 15) is 4.79 Å². The summed E-state index contributed by atoms with van der Waals surface area (Å²) >= 11 is 4.62. The van der Waals surface area contributed by atoms with Crippen LogP contribution in [0.15, 0.2) is 68.2 Å². The van der Waals surface area contributed by atoms with Gasteiger partial charge in [-0.1, -0.05) is 17.8 Å². The van der Waals surface area contributed by atoms with Gasteiger partial charge in [-0.05, 0) is 35.0 Å². The summed E-state index contributed by atoms with van der Waals surface area (Å²) in [6.07, 6.45) is 3.81. The summed E-state index contributed by atoms with van der Waals surface area (Å²) in [7, 11) is 0. The number of carbonyl (C=O) groups excluding carboxylic acids is 1. The molecule has 4 aromatic heterocycles. The zero-order chi connectivity index (χ0) is 18.9. The Hall–Kier alpha value is -2.49. The smallest absolute Gasteiger partial charge is 0.253 e. The summed E-state index contributed by atoms with van der Waals surface area (Å²) in [6, 6.07) is 9.64. The highest BCUT2D eigenvalue weighted by Crippen LogP contribution is 2.36. The Bertz CT molecular complexity index is 1140. The minimum absolute atomic E-state index is 0.0491. The van der Waals surface area contributed by atoms with Gasteiger partial charge < -0.3 is 4.42 Å². The molecule has 5 heterocycles. The summed E-state index contributed by atoms with van der Waals surface area (Å²) in [5.41, 5.74) is 0.795. The molecule has 140 valence electrons. The van der Waals surface area contributed by atoms with Gasteiger partial charge >= 0.3 is 0 Å². The van der Waals surface area contributed by atoms with E-state index >= 15 is 0 Å². The predicted octanol–water partition coefficient (Wildman–Crippen LogP) is 4.82. The van der Waals surface area contributed by atoms with Crippen LogP contribution < -0.4 is 0 Å². The predicted molar refractivity (Wildman–Crippen MR) is 112 cm³/mol. The van der Waals surface area contributed by atoms with Gasteiger partial charge in [-0.25, -0.2) is 15.0 Å². The number of aromatic nitrogens is 2. The molecule has 0 saturated heterocycles. The fourth-order valence-corrected chi connectivity index (χ4v) is 5.56. The monoisotopic (exact) mass is 426 g/mol. The van der Waals surface area contributed by atoms with Gasteiger partial charge in [0, 0.05) is 16.7 Å². The zero-order valence-electron chi connectivity index (χ0n) is 14.5. The van der Waals surface area contributed by atoms with Crippen LogP contribution >= 0.6 is 34.4 Å². The van der Waals surface area contributed by atoms with E-state index in [1.807, 2.05) is 41.1 Å². The van der Waals surface area contributed by atoms with Crippen LogP contribution in [0, 0.1) is 0 Å². The topological polar surface area (TPSA) is 71.6 Å². The Morgan fingerprint density at radius 2 is 2.18 bits per heavy atom. The van der Waals surface area contributed by atoms with Crippen molar-refractivity contribution < 1.29 is 9.21 Å². The van der Waals surface area contributed by atoms with Gasteiger partial charge in [0.1, 0.15) is 27.7 Å². The molecular weight excluding hydrogens is 412 g/mol. The fourth-order valence-electron chi connectivity index (χ4n) is 3.11. The molecule has 0 fully saturated rings. The van der Waals surface area contributed by atoms with Gasteiger partial charge in [0.05, 0.1) is 18.1 Å². The first-order valence-corrected chi connectivity index (χ1v) is 11.3. The molecule has 1 aliphatic rings. The third-order valence-corrected chi connectivity index (χ3v) is 7.18. The number of thiophene rings is 2. The van der Waals surface area contributed by atoms with Gasteiger partial charge in [-0.3, -0.25) is 4.79 Å². The first-order chi connectivity index (χ1) is 13.8. The van der Waals surface area contributed by atoms with Crippen LogP contribution in [0.5, 0.6) is 0 Å². The highest BCUT2D eigenvalue weighted by Gasteiger charge is 2.34. The van der Waals surface area contributed by atoms with Crippen molar-refractivity contribution in [2.45, 2.75) is 17.5 Å². The molecule has 0 aromatic carbocycles. The first kappa shape index (κ1) is 17.6. The lowest BCUT2D eigenvalue weighted by Gasteiger charge is -2.20. The second-order valence-corrected chi connectivity index (χ2v) is 8.94. The number of hydrogen-bond acceptors (Lipinski definition) is 8. The second-order valence-electron chi connectivity index (χ2n) is 6.10. The van der Waals surface area contributed by atoms with Crippen molar-refractivity contribution in [3.05, 3.63) is 64.3 Å². The van der Waals surface area contributed by atoms with Gasteiger partial charge in [0.15, 0.2) is 0 Å². The van der Waals surface area contributed by atoms with Crippen molar-refractivity contribution >= 4 is 56.3 Å². The second kappa shape index (κ2) is 7.50. The number of carbonyl (C=O) groups is 1. The molecule has 28 heavy (non-hydrogen) atoms. The molecular formula is C19H14N4O2S3. The molecule has 0 unspecified atom stereocenters. The van der Waals surface area contributed by atoms with E-state index < -0.39 is 0 Å². The van der Waals surface area contributed by atoms with Gasteiger partial charge in [0.25, 0.3) is 5.91 Å². The fraction of sp³-hybridized carbons (Fsp3) is 0.158. The number of fused-ring (bicyclic) bond motifs is 1. The number of furan rings is 1. The van der Waals surface area contributed by atoms with Crippen molar-refractivity contribution in [1.29, 1.82) is 0 Å². The Morgan fingerprint density at radius 3 is 3.00 bits per heavy atom. The summed E-state index contributed by atoms with van der Waals surface area (Å²) in [4.78, 5) is 23.7. The van der Waals surface area contributed by atoms with E-state index in [-0.39, 0.29) is 17.7 Å². The van der Waals surface area contributed by atoms with E-state index in [0.29, 0.717) is 12.2 Å². The Kier molecular flexibility index (Phi) is 4.71. The van der Waals surface area contributed by atoms with Crippen molar-refractivity contribution in [3.63, 3.8) is 0 Å². The Balaban J connectivity index is 1.38. The van der Waals surface area contributed by atoms with Crippen LogP contribution in [0.2, 0.25) is 0 Å². The maximum atomic E-state index is 13.0. The molecule has 0 bridgehead atoms. The molecule has 9 heteroatoms. The number of hydrogen-bond donors (Lipinski definition) is 0. The average molecular weight is 427 g/mol. The number of amides is 1. The van der Waals surface area contributed by atoms with E-state index in [0.717, 1.165) is 25.8 Å². The molecule has 5 rings (SSSR count). The van der Waals surface area contributed by atoms with Crippen molar-refractivity contribution in [2.24, 2.45) is 5.10 Å². The SMILES string of the molecule is O=C(CSc1ncnc2sccc12)N1N=C(c2ccco2)C[C@@H]1c1cccs1. The van der Waals surface area contributed by atoms with Gasteiger partial charge in [-0.2, -0.15) is 5.10 Å². The van der Waals surface area contributed by atoms with Gasteiger partial charge in [-0.15, -0.1) is 22.7 Å². The van der Waals surface area contributed by atoms with Gasteiger partial charge in [0.2, 0.25) is 0 Å². The molecule has 0 N–H and O–H groups in total. The lowest BCUT2D eigenvalue weighted by molar-refractivity contribution is -0.130. The maximum absolute atomic E-state index is 13.0. The molecule has 1 atom stereocenters. The van der Waals surface area contributed by atoms with Crippen LogP contribution in [-0.4, -0.2) is 32.3 Å². The largest absolute Gasteiger partial charge is 0.463 e. The maximum Gasteiger partial charge on any atom is 0.253 e. The number of hydrazone groups is 1. The lowest BCUT2D eigenvalue weighted by atomic mass is 10.1. The highest BCUT2D eigenvalue weighted by molar-refractivity contribution is 8.00. The normalized spacial score (nSPS) is 16.6. The van der Waals surface area contributed by atoms with Crippen molar-refractivity contribution in [3.8, 4) is 0 Å². The standard InChI is InChI=1S/C19H14N4O2S3/c24-17(10-28-19-12-5-8-27-18(12)20-11-21-19)23-14(16-4-2-7-26-16)9-13(22-23)15-3-1-6-25-15/h1-8,11,14H,9-10H2/t14-/m1/s1. The molecule has 0 radical (unpaired) electrons. The molecule has 0 spiro atoms. The van der Waals surface area contributed by atoms with Crippen molar-refractivity contribution in [2.75, 3.05) is 5.75 Å². The number of nitrogens with zero attached hydrogens (tertiary/aromatic N) is 4. The van der Waals surface area contributed by atoms with Crippen LogP contribution in [0.1, 0.15) is 23.1 Å². The third kappa shape index (κ3) is 3.25. The van der Waals surface area contributed by atoms with Crippen LogP contribution in [0.25, 0.3) is 10.2 Å². The third-order valence-electron chi connectivity index (χ3n) is 4.40. The summed E-state index contributed by atoms with van der Waals surface area (Å²) in [5.74, 6) is 0.922. The quantitative estimate of drug-likeness (QED) is 0.338. The van der Waals surface area contributed by atoms with E-state index in [4.69, 9.17) is 4.42 Å². The molecule has 1 amide bonds. The number of thioether (sulfide) groups is 1. The van der Waals surface area contributed by atoms with Crippen LogP contribution in [0.4, 0.5) is 0 Å². The summed E-state index contributed by atoms with van der Waals surface area (Å²) < 4.78 is 5.49. The minimum atomic E-state index is -0.0974. The molecule has 0 aliphatic carbocycles. The lowest BCUT2D eigenvalue weighted by Crippen LogP contribution is -2.28. The zero-order valence-corrected chi connectivity index (χ0v) is 17.0. The summed E-state index contributed by atoms with van der Waals surface area (Å²) in [5, 5.41) is 12.0. The minimum Gasteiger partial charge on any atom is -0.463 e. The number of rotatable bonds is 5. The van der Waals surface area contributed by atoms with E-state index in [1.165, 1.54) is 11.8 Å². The molecule has 0 saturated carbocycles. The Morgan fingerprint density at radius 1 is 1.21 bits per heavy atom. The van der Waals surface area contributed by atoms with E-state index in [2.05, 4.69) is 15.1 Å². The van der Waals surface area contributed by atoms with E-state index in [1.54, 1.807) is 40.3 Å². The molecule has 1 aliphatic heterocycles. The van der Waals surface area contributed by atoms with Crippen LogP contribution in [-0.2, 0) is 4.79 Å². The molecule has 6 nitrogen and oxygen atoms in total. The molecule has 4 aromatic rings. The summed E-state index contributed by atoms with van der Waals surface area (Å²) in [6.45, 7) is 0. The van der Waals surface area contributed by atoms with Crippen molar-refractivity contribution in [1.82, 2.24) is 15.0 Å². The van der Waals surface area contributed by atoms with Crippen LogP contribution in [0.3, 0.4) is 0 Å². The average Bonchev–Trinajstić information content (AvgIpc) is 3.49. The Labute approximate surface area is 172 Å².